The third kappa shape index (κ3) is 4.48. The van der Waals surface area contributed by atoms with Gasteiger partial charge in [-0.1, -0.05) is 48.3 Å². The van der Waals surface area contributed by atoms with Gasteiger partial charge in [0.05, 0.1) is 6.61 Å². The van der Waals surface area contributed by atoms with Crippen LogP contribution < -0.4 is 4.74 Å². The zero-order chi connectivity index (χ0) is 15.2. The molecule has 0 heterocycles. The lowest BCUT2D eigenvalue weighted by Crippen LogP contribution is -2.05. The molecule has 0 amide bonds. The van der Waals surface area contributed by atoms with E-state index in [0.29, 0.717) is 28.0 Å². The van der Waals surface area contributed by atoms with Crippen molar-refractivity contribution in [3.8, 4) is 5.75 Å². The van der Waals surface area contributed by atoms with Crippen LogP contribution >= 0.6 is 23.2 Å². The van der Waals surface area contributed by atoms with Crippen LogP contribution in [-0.2, 0) is 6.42 Å². The van der Waals surface area contributed by atoms with Crippen LogP contribution in [0.1, 0.15) is 29.3 Å². The van der Waals surface area contributed by atoms with Crippen molar-refractivity contribution in [3.63, 3.8) is 0 Å². The van der Waals surface area contributed by atoms with E-state index in [9.17, 15) is 4.79 Å². The summed E-state index contributed by atoms with van der Waals surface area (Å²) in [6, 6.07) is 12.4. The van der Waals surface area contributed by atoms with Gasteiger partial charge in [0.15, 0.2) is 5.78 Å². The van der Waals surface area contributed by atoms with Gasteiger partial charge < -0.3 is 4.74 Å². The summed E-state index contributed by atoms with van der Waals surface area (Å²) in [7, 11) is 0. The lowest BCUT2D eigenvalue weighted by atomic mass is 10.0. The molecule has 0 fully saturated rings. The van der Waals surface area contributed by atoms with Crippen molar-refractivity contribution < 1.29 is 9.53 Å². The van der Waals surface area contributed by atoms with E-state index in [1.807, 2.05) is 19.1 Å². The minimum Gasteiger partial charge on any atom is -0.494 e. The minimum atomic E-state index is 0.00108. The normalized spacial score (nSPS) is 10.4. The second-order valence-electron chi connectivity index (χ2n) is 4.71. The third-order valence-corrected chi connectivity index (χ3v) is 3.58. The first-order chi connectivity index (χ1) is 10.1. The molecule has 0 aliphatic heterocycles. The van der Waals surface area contributed by atoms with E-state index in [2.05, 4.69) is 0 Å². The Balaban J connectivity index is 2.12. The monoisotopic (exact) mass is 322 g/mol. The van der Waals surface area contributed by atoms with Gasteiger partial charge in [-0.15, -0.1) is 0 Å². The van der Waals surface area contributed by atoms with Crippen LogP contribution in [0.2, 0.25) is 10.0 Å². The van der Waals surface area contributed by atoms with Crippen molar-refractivity contribution in [2.45, 2.75) is 19.8 Å². The standard InChI is InChI=1S/C17H16Cl2O2/c1-2-8-21-15-5-3-4-13(9-15)17(20)10-12-6-7-14(18)11-16(12)19/h3-7,9,11H,2,8,10H2,1H3. The van der Waals surface area contributed by atoms with Crippen molar-refractivity contribution in [1.82, 2.24) is 0 Å². The number of halogens is 2. The molecule has 0 aromatic heterocycles. The summed E-state index contributed by atoms with van der Waals surface area (Å²) in [5, 5.41) is 1.07. The van der Waals surface area contributed by atoms with E-state index < -0.39 is 0 Å². The number of carbonyl (C=O) groups excluding carboxylic acids is 1. The van der Waals surface area contributed by atoms with Crippen LogP contribution in [0, 0.1) is 0 Å². The summed E-state index contributed by atoms with van der Waals surface area (Å²) in [5.74, 6) is 0.714. The lowest BCUT2D eigenvalue weighted by molar-refractivity contribution is 0.0992. The zero-order valence-electron chi connectivity index (χ0n) is 11.7. The molecular formula is C17H16Cl2O2. The fourth-order valence-corrected chi connectivity index (χ4v) is 2.39. The van der Waals surface area contributed by atoms with Crippen molar-refractivity contribution in [2.75, 3.05) is 6.61 Å². The van der Waals surface area contributed by atoms with Gasteiger partial charge >= 0.3 is 0 Å². The van der Waals surface area contributed by atoms with Crippen molar-refractivity contribution in [2.24, 2.45) is 0 Å². The van der Waals surface area contributed by atoms with Gasteiger partial charge in [0, 0.05) is 22.0 Å². The number of carbonyl (C=O) groups is 1. The largest absolute Gasteiger partial charge is 0.494 e. The molecule has 0 spiro atoms. The average Bonchev–Trinajstić information content (AvgIpc) is 2.48. The van der Waals surface area contributed by atoms with Gasteiger partial charge in [-0.3, -0.25) is 4.79 Å². The molecule has 0 unspecified atom stereocenters. The van der Waals surface area contributed by atoms with Gasteiger partial charge in [-0.05, 0) is 36.2 Å². The Kier molecular flexibility index (Phi) is 5.66. The summed E-state index contributed by atoms with van der Waals surface area (Å²) < 4.78 is 5.54. The fourth-order valence-electron chi connectivity index (χ4n) is 1.92. The molecule has 2 rings (SSSR count). The topological polar surface area (TPSA) is 26.3 Å². The zero-order valence-corrected chi connectivity index (χ0v) is 13.2. The molecule has 0 radical (unpaired) electrons. The number of ether oxygens (including phenoxy) is 1. The number of benzene rings is 2. The maximum Gasteiger partial charge on any atom is 0.167 e. The van der Waals surface area contributed by atoms with Crippen LogP contribution in [0.4, 0.5) is 0 Å². The predicted octanol–water partition coefficient (Wildman–Crippen LogP) is 5.21. The first kappa shape index (κ1) is 15.9. The summed E-state index contributed by atoms with van der Waals surface area (Å²) in [6.07, 6.45) is 1.17. The van der Waals surface area contributed by atoms with Crippen LogP contribution in [0.3, 0.4) is 0 Å². The Morgan fingerprint density at radius 1 is 1.14 bits per heavy atom. The Hall–Kier alpha value is -1.51. The van der Waals surface area contributed by atoms with Crippen molar-refractivity contribution >= 4 is 29.0 Å². The van der Waals surface area contributed by atoms with E-state index in [1.54, 1.807) is 30.3 Å². The first-order valence-electron chi connectivity index (χ1n) is 6.80. The molecule has 2 nitrogen and oxygen atoms in total. The molecule has 0 N–H and O–H groups in total. The first-order valence-corrected chi connectivity index (χ1v) is 7.55. The second-order valence-corrected chi connectivity index (χ2v) is 5.56. The molecule has 4 heteroatoms. The molecule has 110 valence electrons. The summed E-state index contributed by atoms with van der Waals surface area (Å²) in [5.41, 5.74) is 1.39. The summed E-state index contributed by atoms with van der Waals surface area (Å²) in [4.78, 5) is 12.3. The van der Waals surface area contributed by atoms with E-state index in [1.165, 1.54) is 0 Å². The summed E-state index contributed by atoms with van der Waals surface area (Å²) >= 11 is 12.0. The van der Waals surface area contributed by atoms with Crippen LogP contribution in [0.15, 0.2) is 42.5 Å². The van der Waals surface area contributed by atoms with Crippen LogP contribution in [-0.4, -0.2) is 12.4 Å². The Labute approximate surface area is 134 Å². The van der Waals surface area contributed by atoms with Gasteiger partial charge in [0.25, 0.3) is 0 Å². The number of ketones is 1. The van der Waals surface area contributed by atoms with E-state index in [0.717, 1.165) is 12.0 Å². The quantitative estimate of drug-likeness (QED) is 0.682. The number of rotatable bonds is 6. The maximum absolute atomic E-state index is 12.3. The average molecular weight is 323 g/mol. The van der Waals surface area contributed by atoms with E-state index in [4.69, 9.17) is 27.9 Å². The lowest BCUT2D eigenvalue weighted by Gasteiger charge is -2.07. The molecule has 0 aliphatic carbocycles. The number of hydrogen-bond acceptors (Lipinski definition) is 2. The highest BCUT2D eigenvalue weighted by Gasteiger charge is 2.11. The molecule has 0 atom stereocenters. The SMILES string of the molecule is CCCOc1cccc(C(=O)Cc2ccc(Cl)cc2Cl)c1. The van der Waals surface area contributed by atoms with Gasteiger partial charge in [-0.2, -0.15) is 0 Å². The minimum absolute atomic E-state index is 0.00108. The predicted molar refractivity (Wildman–Crippen MR) is 86.7 cm³/mol. The third-order valence-electron chi connectivity index (χ3n) is 2.99. The molecule has 0 saturated carbocycles. The fraction of sp³-hybridized carbons (Fsp3) is 0.235. The van der Waals surface area contributed by atoms with E-state index >= 15 is 0 Å². The Morgan fingerprint density at radius 2 is 1.95 bits per heavy atom. The van der Waals surface area contributed by atoms with Crippen LogP contribution in [0.25, 0.3) is 0 Å². The maximum atomic E-state index is 12.3. The molecular weight excluding hydrogens is 307 g/mol. The van der Waals surface area contributed by atoms with E-state index in [-0.39, 0.29) is 12.2 Å². The molecule has 2 aromatic carbocycles. The molecule has 0 saturated heterocycles. The Morgan fingerprint density at radius 3 is 2.67 bits per heavy atom. The number of Topliss-reactive ketones (excluding diaryl/α,β-unsaturated/α-hetero) is 1. The van der Waals surface area contributed by atoms with Gasteiger partial charge in [-0.25, -0.2) is 0 Å². The number of hydrogen-bond donors (Lipinski definition) is 0. The summed E-state index contributed by atoms with van der Waals surface area (Å²) in [6.45, 7) is 2.68. The van der Waals surface area contributed by atoms with Gasteiger partial charge in [0.1, 0.15) is 5.75 Å². The highest BCUT2D eigenvalue weighted by molar-refractivity contribution is 6.35. The van der Waals surface area contributed by atoms with Gasteiger partial charge in [0.2, 0.25) is 0 Å². The molecule has 0 bridgehead atoms. The molecule has 2 aromatic rings. The highest BCUT2D eigenvalue weighted by atomic mass is 35.5. The van der Waals surface area contributed by atoms with Crippen molar-refractivity contribution in [3.05, 3.63) is 63.6 Å². The molecule has 0 aliphatic rings. The second kappa shape index (κ2) is 7.48. The molecule has 21 heavy (non-hydrogen) atoms. The Bertz CT molecular complexity index is 638. The smallest absolute Gasteiger partial charge is 0.167 e. The van der Waals surface area contributed by atoms with Crippen molar-refractivity contribution in [1.29, 1.82) is 0 Å². The highest BCUT2D eigenvalue weighted by Crippen LogP contribution is 2.23. The van der Waals surface area contributed by atoms with Crippen LogP contribution in [0.5, 0.6) is 5.75 Å².